The Kier molecular flexibility index (Phi) is 3.75. The van der Waals surface area contributed by atoms with Gasteiger partial charge in [-0.1, -0.05) is 12.1 Å². The molecular formula is C23H25N3O2S. The van der Waals surface area contributed by atoms with Crippen LogP contribution < -0.4 is 5.32 Å². The van der Waals surface area contributed by atoms with Gasteiger partial charge in [-0.2, -0.15) is 0 Å². The average molecular weight is 408 g/mol. The number of aliphatic hydroxyl groups is 1. The predicted octanol–water partition coefficient (Wildman–Crippen LogP) is 4.72. The molecule has 4 saturated carbocycles. The van der Waals surface area contributed by atoms with Gasteiger partial charge in [0.1, 0.15) is 0 Å². The predicted molar refractivity (Wildman–Crippen MR) is 114 cm³/mol. The van der Waals surface area contributed by atoms with E-state index in [4.69, 9.17) is 0 Å². The molecule has 2 heterocycles. The smallest absolute Gasteiger partial charge is 0.224 e. The molecule has 4 fully saturated rings. The molecule has 4 aliphatic carbocycles. The first kappa shape index (κ1) is 17.7. The lowest BCUT2D eigenvalue weighted by molar-refractivity contribution is -0.167. The molecule has 0 saturated heterocycles. The Hall–Kier alpha value is -2.18. The van der Waals surface area contributed by atoms with Crippen molar-refractivity contribution in [2.75, 3.05) is 5.32 Å². The number of amides is 1. The van der Waals surface area contributed by atoms with E-state index in [0.717, 1.165) is 54.0 Å². The topological polar surface area (TPSA) is 66.6 Å². The van der Waals surface area contributed by atoms with E-state index in [-0.39, 0.29) is 11.3 Å². The van der Waals surface area contributed by atoms with Crippen molar-refractivity contribution in [2.24, 2.45) is 17.3 Å². The summed E-state index contributed by atoms with van der Waals surface area (Å²) >= 11 is 1.62. The second-order valence-electron chi connectivity index (χ2n) is 9.71. The van der Waals surface area contributed by atoms with E-state index in [1.54, 1.807) is 11.3 Å². The first-order valence-corrected chi connectivity index (χ1v) is 11.4. The highest BCUT2D eigenvalue weighted by Crippen LogP contribution is 2.62. The second kappa shape index (κ2) is 6.16. The highest BCUT2D eigenvalue weighted by atomic mass is 32.1. The summed E-state index contributed by atoms with van der Waals surface area (Å²) in [6.45, 7) is 0. The van der Waals surface area contributed by atoms with Crippen LogP contribution in [0.5, 0.6) is 0 Å². The molecule has 150 valence electrons. The fourth-order valence-electron chi connectivity index (χ4n) is 6.75. The van der Waals surface area contributed by atoms with Crippen molar-refractivity contribution in [1.29, 1.82) is 0 Å². The van der Waals surface area contributed by atoms with Crippen molar-refractivity contribution in [3.8, 4) is 11.3 Å². The molecule has 3 aromatic rings. The summed E-state index contributed by atoms with van der Waals surface area (Å²) in [7, 11) is 0. The Labute approximate surface area is 173 Å². The van der Waals surface area contributed by atoms with E-state index in [1.807, 2.05) is 46.4 Å². The van der Waals surface area contributed by atoms with E-state index >= 15 is 0 Å². The summed E-state index contributed by atoms with van der Waals surface area (Å²) in [5.74, 6) is 1.29. The maximum absolute atomic E-state index is 12.8. The van der Waals surface area contributed by atoms with E-state index in [9.17, 15) is 9.90 Å². The Balaban J connectivity index is 1.15. The number of thiazole rings is 1. The molecule has 5 nitrogen and oxygen atoms in total. The zero-order valence-corrected chi connectivity index (χ0v) is 17.1. The van der Waals surface area contributed by atoms with Gasteiger partial charge in [0.25, 0.3) is 0 Å². The lowest BCUT2D eigenvalue weighted by atomic mass is 9.47. The molecule has 2 N–H and O–H groups in total. The molecule has 1 aromatic carbocycles. The summed E-state index contributed by atoms with van der Waals surface area (Å²) in [6, 6.07) is 7.92. The molecule has 1 amide bonds. The molecule has 0 radical (unpaired) electrons. The monoisotopic (exact) mass is 407 g/mol. The lowest BCUT2D eigenvalue weighted by Crippen LogP contribution is -2.56. The highest BCUT2D eigenvalue weighted by Gasteiger charge is 2.57. The third-order valence-corrected chi connectivity index (χ3v) is 8.02. The zero-order chi connectivity index (χ0) is 19.6. The van der Waals surface area contributed by atoms with Gasteiger partial charge in [0.15, 0.2) is 4.96 Å². The number of carbonyl (C=O) groups is 1. The van der Waals surface area contributed by atoms with Crippen LogP contribution in [0.1, 0.15) is 44.9 Å². The van der Waals surface area contributed by atoms with Crippen LogP contribution >= 0.6 is 11.3 Å². The molecule has 7 rings (SSSR count). The number of hydrogen-bond donors (Lipinski definition) is 2. The Morgan fingerprint density at radius 2 is 1.97 bits per heavy atom. The van der Waals surface area contributed by atoms with Crippen molar-refractivity contribution in [1.82, 2.24) is 9.38 Å². The van der Waals surface area contributed by atoms with Crippen molar-refractivity contribution < 1.29 is 9.90 Å². The number of rotatable bonds is 4. The third-order valence-electron chi connectivity index (χ3n) is 7.24. The average Bonchev–Trinajstić information content (AvgIpc) is 3.21. The molecule has 2 aromatic heterocycles. The Morgan fingerprint density at radius 1 is 1.21 bits per heavy atom. The quantitative estimate of drug-likeness (QED) is 0.657. The van der Waals surface area contributed by atoms with Crippen LogP contribution in [0.15, 0.2) is 42.0 Å². The number of hydrogen-bond acceptors (Lipinski definition) is 4. The van der Waals surface area contributed by atoms with Gasteiger partial charge in [-0.05, 0) is 67.9 Å². The van der Waals surface area contributed by atoms with Gasteiger partial charge >= 0.3 is 0 Å². The van der Waals surface area contributed by atoms with Crippen LogP contribution in [0.3, 0.4) is 0 Å². The maximum Gasteiger partial charge on any atom is 0.224 e. The SMILES string of the molecule is O=C(CC12CC3CC(CC(O)(C3)C1)C2)Nc1ccc(-c2cn3ccsc3n2)cc1. The van der Waals surface area contributed by atoms with Crippen LogP contribution in [0.25, 0.3) is 16.2 Å². The van der Waals surface area contributed by atoms with Gasteiger partial charge < -0.3 is 10.4 Å². The highest BCUT2D eigenvalue weighted by molar-refractivity contribution is 7.15. The van der Waals surface area contributed by atoms with Crippen molar-refractivity contribution in [2.45, 2.75) is 50.5 Å². The van der Waals surface area contributed by atoms with Gasteiger partial charge in [-0.25, -0.2) is 4.98 Å². The molecule has 0 spiro atoms. The summed E-state index contributed by atoms with van der Waals surface area (Å²) < 4.78 is 2.02. The van der Waals surface area contributed by atoms with Crippen molar-refractivity contribution in [3.05, 3.63) is 42.0 Å². The second-order valence-corrected chi connectivity index (χ2v) is 10.6. The molecule has 2 atom stereocenters. The number of nitrogens with one attached hydrogen (secondary N) is 1. The number of benzene rings is 1. The maximum atomic E-state index is 12.8. The first-order chi connectivity index (χ1) is 14.0. The van der Waals surface area contributed by atoms with E-state index in [1.165, 1.54) is 6.42 Å². The fraction of sp³-hybridized carbons (Fsp3) is 0.478. The van der Waals surface area contributed by atoms with E-state index < -0.39 is 5.60 Å². The van der Waals surface area contributed by atoms with Gasteiger partial charge in [-0.15, -0.1) is 11.3 Å². The minimum Gasteiger partial charge on any atom is -0.390 e. The van der Waals surface area contributed by atoms with Gasteiger partial charge in [0.05, 0.1) is 11.3 Å². The molecule has 29 heavy (non-hydrogen) atoms. The normalized spacial score (nSPS) is 32.7. The van der Waals surface area contributed by atoms with Crippen LogP contribution in [-0.2, 0) is 4.79 Å². The standard InChI is InChI=1S/C23H25N3O2S/c27-20(12-22-8-15-7-16(9-22)11-23(28,10-15)14-22)24-18-3-1-17(2-4-18)19-13-26-5-6-29-21(26)25-19/h1-6,13,15-16,28H,7-12,14H2,(H,24,27). The Morgan fingerprint density at radius 3 is 2.66 bits per heavy atom. The number of nitrogens with zero attached hydrogens (tertiary/aromatic N) is 2. The van der Waals surface area contributed by atoms with Gasteiger partial charge in [0.2, 0.25) is 5.91 Å². The fourth-order valence-corrected chi connectivity index (χ4v) is 7.45. The minimum atomic E-state index is -0.510. The van der Waals surface area contributed by atoms with Gasteiger partial charge in [-0.3, -0.25) is 9.20 Å². The summed E-state index contributed by atoms with van der Waals surface area (Å²) in [5, 5.41) is 16.0. The molecule has 2 unspecified atom stereocenters. The van der Waals surface area contributed by atoms with Gasteiger partial charge in [0, 0.05) is 35.4 Å². The van der Waals surface area contributed by atoms with Crippen LogP contribution in [0.4, 0.5) is 5.69 Å². The lowest BCUT2D eigenvalue weighted by Gasteiger charge is -2.60. The minimum absolute atomic E-state index is 0.00500. The van der Waals surface area contributed by atoms with E-state index in [2.05, 4.69) is 10.3 Å². The third kappa shape index (κ3) is 3.09. The first-order valence-electron chi connectivity index (χ1n) is 10.5. The molecule has 4 aliphatic rings. The summed E-state index contributed by atoms with van der Waals surface area (Å²) in [5.41, 5.74) is 2.30. The molecular weight excluding hydrogens is 382 g/mol. The van der Waals surface area contributed by atoms with Crippen molar-refractivity contribution >= 4 is 27.9 Å². The molecule has 6 heteroatoms. The molecule has 4 bridgehead atoms. The largest absolute Gasteiger partial charge is 0.390 e. The number of carbonyl (C=O) groups excluding carboxylic acids is 1. The summed E-state index contributed by atoms with van der Waals surface area (Å²) in [4.78, 5) is 18.4. The Bertz CT molecular complexity index is 1040. The van der Waals surface area contributed by atoms with Crippen LogP contribution in [-0.4, -0.2) is 26.0 Å². The number of imidazole rings is 1. The number of anilines is 1. The van der Waals surface area contributed by atoms with Crippen LogP contribution in [0, 0.1) is 17.3 Å². The molecule has 0 aliphatic heterocycles. The summed E-state index contributed by atoms with van der Waals surface area (Å²) in [6.07, 6.45) is 10.7. The van der Waals surface area contributed by atoms with E-state index in [0.29, 0.717) is 18.3 Å². The van der Waals surface area contributed by atoms with Crippen molar-refractivity contribution in [3.63, 3.8) is 0 Å². The number of fused-ring (bicyclic) bond motifs is 1. The van der Waals surface area contributed by atoms with Crippen LogP contribution in [0.2, 0.25) is 0 Å². The number of aromatic nitrogens is 2. The zero-order valence-electron chi connectivity index (χ0n) is 16.3.